The molecule has 0 aliphatic carbocycles. The highest BCUT2D eigenvalue weighted by Crippen LogP contribution is 2.02. The van der Waals surface area contributed by atoms with Gasteiger partial charge in [0, 0.05) is 6.42 Å². The molecule has 2 nitrogen and oxygen atoms in total. The largest absolute Gasteiger partial charge is 0.502 e. The monoisotopic (exact) mass is 148 g/mol. The first-order chi connectivity index (χ1) is 5.33. The van der Waals surface area contributed by atoms with Crippen LogP contribution in [0, 0.1) is 0 Å². The molecule has 0 amide bonds. The van der Waals surface area contributed by atoms with Crippen molar-refractivity contribution in [3.8, 4) is 0 Å². The third-order valence-corrected chi connectivity index (χ3v) is 1.33. The molecule has 0 radical (unpaired) electrons. The molecule has 0 aliphatic rings. The van der Waals surface area contributed by atoms with Crippen LogP contribution in [0.15, 0.2) is 36.1 Å². The van der Waals surface area contributed by atoms with Crippen LogP contribution in [-0.2, 0) is 11.2 Å². The zero-order valence-corrected chi connectivity index (χ0v) is 5.95. The minimum absolute atomic E-state index is 0.254. The first-order valence-electron chi connectivity index (χ1n) is 3.30. The van der Waals surface area contributed by atoms with Crippen LogP contribution in [0.5, 0.6) is 0 Å². The standard InChI is InChI=1S/C9H8O2/c10-7-9(11)6-8-4-2-1-3-5-8/h1-5,11H,6H2. The van der Waals surface area contributed by atoms with Gasteiger partial charge in [0.25, 0.3) is 0 Å². The van der Waals surface area contributed by atoms with Crippen LogP contribution in [0.1, 0.15) is 5.56 Å². The van der Waals surface area contributed by atoms with E-state index in [0.29, 0.717) is 0 Å². The summed E-state index contributed by atoms with van der Waals surface area (Å²) in [5, 5.41) is 8.80. The molecule has 0 spiro atoms. The van der Waals surface area contributed by atoms with Gasteiger partial charge in [-0.15, -0.1) is 0 Å². The summed E-state index contributed by atoms with van der Waals surface area (Å²) in [6.45, 7) is 0. The summed E-state index contributed by atoms with van der Waals surface area (Å²) in [5.41, 5.74) is 0.911. The quantitative estimate of drug-likeness (QED) is 0.509. The van der Waals surface area contributed by atoms with Crippen molar-refractivity contribution >= 4 is 5.94 Å². The number of allylic oxidation sites excluding steroid dienone is 1. The van der Waals surface area contributed by atoms with E-state index < -0.39 is 0 Å². The molecule has 1 aromatic carbocycles. The van der Waals surface area contributed by atoms with Gasteiger partial charge < -0.3 is 5.11 Å². The normalized spacial score (nSPS) is 8.73. The Labute approximate surface area is 64.8 Å². The van der Waals surface area contributed by atoms with Crippen LogP contribution < -0.4 is 0 Å². The average Bonchev–Trinajstić information content (AvgIpc) is 2.06. The maximum atomic E-state index is 9.90. The molecule has 11 heavy (non-hydrogen) atoms. The number of aliphatic hydroxyl groups excluding tert-OH is 1. The van der Waals surface area contributed by atoms with Gasteiger partial charge in [-0.05, 0) is 5.56 Å². The van der Waals surface area contributed by atoms with Gasteiger partial charge in [-0.2, -0.15) is 0 Å². The SMILES string of the molecule is O=C=C(O)Cc1ccccc1. The highest BCUT2D eigenvalue weighted by molar-refractivity contribution is 5.50. The lowest BCUT2D eigenvalue weighted by Crippen LogP contribution is -1.88. The van der Waals surface area contributed by atoms with E-state index in [9.17, 15) is 4.79 Å². The molecule has 0 saturated heterocycles. The molecular weight excluding hydrogens is 140 g/mol. The van der Waals surface area contributed by atoms with E-state index in [4.69, 9.17) is 5.11 Å². The van der Waals surface area contributed by atoms with E-state index in [-0.39, 0.29) is 12.2 Å². The van der Waals surface area contributed by atoms with Gasteiger partial charge in [-0.1, -0.05) is 30.3 Å². The summed E-state index contributed by atoms with van der Waals surface area (Å²) < 4.78 is 0. The molecular formula is C9H8O2. The highest BCUT2D eigenvalue weighted by atomic mass is 16.3. The predicted molar refractivity (Wildman–Crippen MR) is 42.0 cm³/mol. The topological polar surface area (TPSA) is 37.3 Å². The van der Waals surface area contributed by atoms with Crippen molar-refractivity contribution in [3.05, 3.63) is 41.7 Å². The van der Waals surface area contributed by atoms with Crippen LogP contribution >= 0.6 is 0 Å². The first-order valence-corrected chi connectivity index (χ1v) is 3.30. The summed E-state index contributed by atoms with van der Waals surface area (Å²) in [5.74, 6) is 1.18. The second-order valence-corrected chi connectivity index (χ2v) is 2.21. The van der Waals surface area contributed by atoms with Crippen molar-refractivity contribution in [1.82, 2.24) is 0 Å². The molecule has 2 heteroatoms. The molecule has 0 fully saturated rings. The number of aliphatic hydroxyl groups is 1. The maximum absolute atomic E-state index is 9.90. The average molecular weight is 148 g/mol. The fourth-order valence-corrected chi connectivity index (χ4v) is 0.825. The Kier molecular flexibility index (Phi) is 2.47. The Morgan fingerprint density at radius 3 is 2.55 bits per heavy atom. The van der Waals surface area contributed by atoms with Crippen LogP contribution in [0.4, 0.5) is 0 Å². The van der Waals surface area contributed by atoms with Gasteiger partial charge in [0.1, 0.15) is 0 Å². The Bertz CT molecular complexity index is 271. The Balaban J connectivity index is 2.73. The molecule has 0 saturated carbocycles. The number of carbonyl (C=O) groups excluding carboxylic acids is 1. The van der Waals surface area contributed by atoms with E-state index in [2.05, 4.69) is 0 Å². The van der Waals surface area contributed by atoms with Gasteiger partial charge in [0.15, 0.2) is 11.7 Å². The fourth-order valence-electron chi connectivity index (χ4n) is 0.825. The maximum Gasteiger partial charge on any atom is 0.181 e. The Hall–Kier alpha value is -1.53. The lowest BCUT2D eigenvalue weighted by Gasteiger charge is -1.94. The summed E-state index contributed by atoms with van der Waals surface area (Å²) in [7, 11) is 0. The molecule has 1 aromatic rings. The molecule has 56 valence electrons. The second kappa shape index (κ2) is 3.59. The van der Waals surface area contributed by atoms with Gasteiger partial charge in [-0.3, -0.25) is 0 Å². The number of hydrogen-bond donors (Lipinski definition) is 1. The number of benzene rings is 1. The zero-order chi connectivity index (χ0) is 8.10. The minimum Gasteiger partial charge on any atom is -0.502 e. The Morgan fingerprint density at radius 2 is 2.00 bits per heavy atom. The first kappa shape index (κ1) is 7.58. The van der Waals surface area contributed by atoms with Crippen molar-refractivity contribution in [2.75, 3.05) is 0 Å². The van der Waals surface area contributed by atoms with Gasteiger partial charge in [0.05, 0.1) is 0 Å². The third kappa shape index (κ3) is 2.28. The van der Waals surface area contributed by atoms with Gasteiger partial charge >= 0.3 is 0 Å². The Morgan fingerprint density at radius 1 is 1.36 bits per heavy atom. The van der Waals surface area contributed by atoms with E-state index in [1.54, 1.807) is 0 Å². The van der Waals surface area contributed by atoms with Gasteiger partial charge in [0.2, 0.25) is 0 Å². The van der Waals surface area contributed by atoms with Crippen LogP contribution in [0.2, 0.25) is 0 Å². The van der Waals surface area contributed by atoms with Crippen molar-refractivity contribution in [2.24, 2.45) is 0 Å². The summed E-state index contributed by atoms with van der Waals surface area (Å²) in [6, 6.07) is 9.27. The molecule has 0 heterocycles. The number of hydrogen-bond acceptors (Lipinski definition) is 2. The minimum atomic E-state index is -0.254. The van der Waals surface area contributed by atoms with E-state index >= 15 is 0 Å². The summed E-state index contributed by atoms with van der Waals surface area (Å²) in [6.07, 6.45) is 0.268. The van der Waals surface area contributed by atoms with Crippen molar-refractivity contribution in [2.45, 2.75) is 6.42 Å². The van der Waals surface area contributed by atoms with Crippen LogP contribution in [0.3, 0.4) is 0 Å². The van der Waals surface area contributed by atoms with Crippen molar-refractivity contribution < 1.29 is 9.90 Å². The van der Waals surface area contributed by atoms with Crippen molar-refractivity contribution in [1.29, 1.82) is 0 Å². The van der Waals surface area contributed by atoms with Gasteiger partial charge in [-0.25, -0.2) is 4.79 Å². The lowest BCUT2D eigenvalue weighted by atomic mass is 10.1. The third-order valence-electron chi connectivity index (χ3n) is 1.33. The molecule has 0 atom stereocenters. The van der Waals surface area contributed by atoms with Crippen LogP contribution in [0.25, 0.3) is 0 Å². The molecule has 0 aliphatic heterocycles. The van der Waals surface area contributed by atoms with E-state index in [1.807, 2.05) is 30.3 Å². The molecule has 0 unspecified atom stereocenters. The van der Waals surface area contributed by atoms with Crippen LogP contribution in [-0.4, -0.2) is 11.0 Å². The lowest BCUT2D eigenvalue weighted by molar-refractivity contribution is 0.399. The molecule has 1 rings (SSSR count). The van der Waals surface area contributed by atoms with Crippen molar-refractivity contribution in [3.63, 3.8) is 0 Å². The predicted octanol–water partition coefficient (Wildman–Crippen LogP) is 1.50. The summed E-state index contributed by atoms with van der Waals surface area (Å²) >= 11 is 0. The zero-order valence-electron chi connectivity index (χ0n) is 5.95. The molecule has 0 bridgehead atoms. The summed E-state index contributed by atoms with van der Waals surface area (Å²) in [4.78, 5) is 9.90. The second-order valence-electron chi connectivity index (χ2n) is 2.21. The van der Waals surface area contributed by atoms with E-state index in [1.165, 1.54) is 5.94 Å². The number of rotatable bonds is 2. The molecule has 0 aromatic heterocycles. The smallest absolute Gasteiger partial charge is 0.181 e. The highest BCUT2D eigenvalue weighted by Gasteiger charge is 1.94. The molecule has 1 N–H and O–H groups in total. The van der Waals surface area contributed by atoms with E-state index in [0.717, 1.165) is 5.56 Å². The fraction of sp³-hybridized carbons (Fsp3) is 0.111.